The smallest absolute Gasteiger partial charge is 0.0781 e. The maximum absolute atomic E-state index is 9.94. The summed E-state index contributed by atoms with van der Waals surface area (Å²) in [5, 5.41) is 10.7. The molecule has 1 unspecified atom stereocenters. The van der Waals surface area contributed by atoms with Crippen LogP contribution in [0.1, 0.15) is 18.6 Å². The maximum Gasteiger partial charge on any atom is 0.0781 e. The van der Waals surface area contributed by atoms with Crippen molar-refractivity contribution in [2.24, 2.45) is 0 Å². The van der Waals surface area contributed by atoms with Gasteiger partial charge in [-0.3, -0.25) is 0 Å². The molecule has 22 heavy (non-hydrogen) atoms. The second-order valence-electron chi connectivity index (χ2n) is 5.69. The average Bonchev–Trinajstić information content (AvgIpc) is 2.55. The van der Waals surface area contributed by atoms with Gasteiger partial charge in [-0.2, -0.15) is 0 Å². The fourth-order valence-electron chi connectivity index (χ4n) is 3.01. The Morgan fingerprint density at radius 1 is 0.955 bits per heavy atom. The quantitative estimate of drug-likeness (QED) is 0.935. The molecule has 1 N–H and O–H groups in total. The third kappa shape index (κ3) is 3.21. The topological polar surface area (TPSA) is 26.7 Å². The first kappa shape index (κ1) is 15.2. The van der Waals surface area contributed by atoms with E-state index < -0.39 is 6.10 Å². The van der Waals surface area contributed by atoms with Gasteiger partial charge in [0.1, 0.15) is 0 Å². The Morgan fingerprint density at radius 3 is 2.32 bits per heavy atom. The molecule has 1 aliphatic rings. The van der Waals surface area contributed by atoms with Gasteiger partial charge in [-0.25, -0.2) is 0 Å². The van der Waals surface area contributed by atoms with Gasteiger partial charge >= 0.3 is 0 Å². The van der Waals surface area contributed by atoms with Crippen molar-refractivity contribution in [1.82, 2.24) is 0 Å². The first-order chi connectivity index (χ1) is 10.6. The van der Waals surface area contributed by atoms with Crippen LogP contribution in [0.4, 0.5) is 11.4 Å². The van der Waals surface area contributed by atoms with Crippen molar-refractivity contribution in [3.8, 4) is 0 Å². The monoisotopic (exact) mass is 316 g/mol. The number of anilines is 2. The lowest BCUT2D eigenvalue weighted by Crippen LogP contribution is -2.46. The van der Waals surface area contributed by atoms with E-state index in [1.807, 2.05) is 43.3 Å². The van der Waals surface area contributed by atoms with Crippen molar-refractivity contribution in [2.75, 3.05) is 36.0 Å². The highest BCUT2D eigenvalue weighted by Crippen LogP contribution is 2.28. The minimum atomic E-state index is -0.442. The van der Waals surface area contributed by atoms with Gasteiger partial charge in [-0.15, -0.1) is 0 Å². The van der Waals surface area contributed by atoms with Crippen molar-refractivity contribution < 1.29 is 5.11 Å². The highest BCUT2D eigenvalue weighted by Gasteiger charge is 2.20. The zero-order valence-electron chi connectivity index (χ0n) is 12.7. The SMILES string of the molecule is CC(O)c1ccccc1N1CCN(c2cccc(Cl)c2)CC1. The number of halogens is 1. The summed E-state index contributed by atoms with van der Waals surface area (Å²) in [4.78, 5) is 4.70. The van der Waals surface area contributed by atoms with Gasteiger partial charge in [0.2, 0.25) is 0 Å². The number of aliphatic hydroxyl groups is 1. The van der Waals surface area contributed by atoms with E-state index >= 15 is 0 Å². The second kappa shape index (κ2) is 6.59. The molecule has 116 valence electrons. The van der Waals surface area contributed by atoms with Crippen molar-refractivity contribution in [3.05, 3.63) is 59.1 Å². The van der Waals surface area contributed by atoms with Gasteiger partial charge in [-0.1, -0.05) is 35.9 Å². The molecule has 4 heteroatoms. The van der Waals surface area contributed by atoms with Crippen LogP contribution in [-0.4, -0.2) is 31.3 Å². The summed E-state index contributed by atoms with van der Waals surface area (Å²) in [5.41, 5.74) is 3.32. The van der Waals surface area contributed by atoms with Gasteiger partial charge in [0.15, 0.2) is 0 Å². The van der Waals surface area contributed by atoms with E-state index in [9.17, 15) is 5.11 Å². The van der Waals surface area contributed by atoms with Gasteiger partial charge in [0, 0.05) is 48.1 Å². The van der Waals surface area contributed by atoms with Crippen molar-refractivity contribution in [1.29, 1.82) is 0 Å². The van der Waals surface area contributed by atoms with Gasteiger partial charge in [0.25, 0.3) is 0 Å². The number of nitrogens with zero attached hydrogens (tertiary/aromatic N) is 2. The largest absolute Gasteiger partial charge is 0.389 e. The molecule has 1 saturated heterocycles. The zero-order valence-corrected chi connectivity index (χ0v) is 13.5. The fraction of sp³-hybridized carbons (Fsp3) is 0.333. The summed E-state index contributed by atoms with van der Waals surface area (Å²) < 4.78 is 0. The van der Waals surface area contributed by atoms with E-state index in [-0.39, 0.29) is 0 Å². The van der Waals surface area contributed by atoms with Crippen LogP contribution in [0.25, 0.3) is 0 Å². The highest BCUT2D eigenvalue weighted by atomic mass is 35.5. The second-order valence-corrected chi connectivity index (χ2v) is 6.13. The molecule has 1 fully saturated rings. The molecular weight excluding hydrogens is 296 g/mol. The third-order valence-corrected chi connectivity index (χ3v) is 4.42. The van der Waals surface area contributed by atoms with E-state index in [0.29, 0.717) is 0 Å². The van der Waals surface area contributed by atoms with Crippen molar-refractivity contribution in [2.45, 2.75) is 13.0 Å². The van der Waals surface area contributed by atoms with Crippen LogP contribution in [0, 0.1) is 0 Å². The molecule has 2 aromatic carbocycles. The Kier molecular flexibility index (Phi) is 4.55. The number of aliphatic hydroxyl groups excluding tert-OH is 1. The summed E-state index contributed by atoms with van der Waals surface area (Å²) >= 11 is 6.08. The molecule has 0 bridgehead atoms. The number of piperazine rings is 1. The first-order valence-electron chi connectivity index (χ1n) is 7.67. The number of benzene rings is 2. The number of rotatable bonds is 3. The average molecular weight is 317 g/mol. The molecule has 0 aromatic heterocycles. The fourth-order valence-corrected chi connectivity index (χ4v) is 3.19. The van der Waals surface area contributed by atoms with Crippen molar-refractivity contribution in [3.63, 3.8) is 0 Å². The van der Waals surface area contributed by atoms with E-state index in [1.165, 1.54) is 5.69 Å². The van der Waals surface area contributed by atoms with Crippen LogP contribution in [0.5, 0.6) is 0 Å². The summed E-state index contributed by atoms with van der Waals surface area (Å²) in [5.74, 6) is 0. The molecule has 0 radical (unpaired) electrons. The molecule has 2 aromatic rings. The molecule has 3 rings (SSSR count). The van der Waals surface area contributed by atoms with Gasteiger partial charge < -0.3 is 14.9 Å². The summed E-state index contributed by atoms with van der Waals surface area (Å²) in [7, 11) is 0. The minimum Gasteiger partial charge on any atom is -0.389 e. The van der Waals surface area contributed by atoms with Crippen LogP contribution in [0.2, 0.25) is 5.02 Å². The standard InChI is InChI=1S/C18H21ClN2O/c1-14(22)17-7-2-3-8-18(17)21-11-9-20(10-12-21)16-6-4-5-15(19)13-16/h2-8,13-14,22H,9-12H2,1H3. The predicted molar refractivity (Wildman–Crippen MR) is 93.0 cm³/mol. The van der Waals surface area contributed by atoms with Gasteiger partial charge in [-0.05, 0) is 31.2 Å². The van der Waals surface area contributed by atoms with Crippen LogP contribution >= 0.6 is 11.6 Å². The van der Waals surface area contributed by atoms with Crippen LogP contribution in [-0.2, 0) is 0 Å². The first-order valence-corrected chi connectivity index (χ1v) is 8.05. The molecule has 3 nitrogen and oxygen atoms in total. The summed E-state index contributed by atoms with van der Waals surface area (Å²) in [6.45, 7) is 5.61. The van der Waals surface area contributed by atoms with E-state index in [2.05, 4.69) is 21.9 Å². The van der Waals surface area contributed by atoms with E-state index in [4.69, 9.17) is 11.6 Å². The summed E-state index contributed by atoms with van der Waals surface area (Å²) in [6.07, 6.45) is -0.442. The lowest BCUT2D eigenvalue weighted by molar-refractivity contribution is 0.199. The van der Waals surface area contributed by atoms with Crippen LogP contribution < -0.4 is 9.80 Å². The van der Waals surface area contributed by atoms with E-state index in [0.717, 1.165) is 42.5 Å². The molecular formula is C18H21ClN2O. The Morgan fingerprint density at radius 2 is 1.64 bits per heavy atom. The molecule has 1 aliphatic heterocycles. The Balaban J connectivity index is 1.72. The van der Waals surface area contributed by atoms with Gasteiger partial charge in [0.05, 0.1) is 6.10 Å². The molecule has 0 saturated carbocycles. The number of para-hydroxylation sites is 1. The van der Waals surface area contributed by atoms with E-state index in [1.54, 1.807) is 0 Å². The minimum absolute atomic E-state index is 0.442. The van der Waals surface area contributed by atoms with Crippen LogP contribution in [0.3, 0.4) is 0 Å². The molecule has 0 amide bonds. The summed E-state index contributed by atoms with van der Waals surface area (Å²) in [6, 6.07) is 16.1. The maximum atomic E-state index is 9.94. The molecule has 1 heterocycles. The zero-order chi connectivity index (χ0) is 15.5. The Hall–Kier alpha value is -1.71. The Bertz CT molecular complexity index is 636. The lowest BCUT2D eigenvalue weighted by Gasteiger charge is -2.38. The molecule has 0 aliphatic carbocycles. The highest BCUT2D eigenvalue weighted by molar-refractivity contribution is 6.30. The number of hydrogen-bond acceptors (Lipinski definition) is 3. The third-order valence-electron chi connectivity index (χ3n) is 4.18. The normalized spacial score (nSPS) is 16.7. The van der Waals surface area contributed by atoms with Crippen LogP contribution in [0.15, 0.2) is 48.5 Å². The molecule has 0 spiro atoms. The Labute approximate surface area is 136 Å². The number of hydrogen-bond donors (Lipinski definition) is 1. The van der Waals surface area contributed by atoms with Crippen molar-refractivity contribution >= 4 is 23.0 Å². The molecule has 1 atom stereocenters. The predicted octanol–water partition coefficient (Wildman–Crippen LogP) is 3.72. The lowest BCUT2D eigenvalue weighted by atomic mass is 10.1.